The summed E-state index contributed by atoms with van der Waals surface area (Å²) in [6, 6.07) is 2.84. The van der Waals surface area contributed by atoms with Gasteiger partial charge < -0.3 is 9.52 Å². The summed E-state index contributed by atoms with van der Waals surface area (Å²) in [6.07, 6.45) is 1.44. The summed E-state index contributed by atoms with van der Waals surface area (Å²) in [7, 11) is 0. The van der Waals surface area contributed by atoms with E-state index in [0.717, 1.165) is 0 Å². The van der Waals surface area contributed by atoms with Crippen molar-refractivity contribution in [1.29, 1.82) is 0 Å². The molecule has 0 fully saturated rings. The first-order chi connectivity index (χ1) is 8.47. The standard InChI is InChI=1S/C12H12N2O4/c1-7-3-11(15)14(6-13-7)5-9-4-10(12(16)17)18-8(9)2/h3-4,6H,5H2,1-2H3,(H,16,17). The van der Waals surface area contributed by atoms with Gasteiger partial charge in [0.1, 0.15) is 5.76 Å². The molecule has 18 heavy (non-hydrogen) atoms. The third-order valence-electron chi connectivity index (χ3n) is 2.59. The largest absolute Gasteiger partial charge is 0.475 e. The molecule has 2 aromatic rings. The van der Waals surface area contributed by atoms with Crippen LogP contribution in [-0.2, 0) is 6.54 Å². The molecule has 0 radical (unpaired) electrons. The van der Waals surface area contributed by atoms with Gasteiger partial charge in [-0.25, -0.2) is 9.78 Å². The first kappa shape index (κ1) is 12.1. The maximum Gasteiger partial charge on any atom is 0.371 e. The Kier molecular flexibility index (Phi) is 3.01. The lowest BCUT2D eigenvalue weighted by Crippen LogP contribution is -2.20. The second-order valence-electron chi connectivity index (χ2n) is 3.99. The van der Waals surface area contributed by atoms with Crippen LogP contribution in [0.15, 0.2) is 27.7 Å². The normalized spacial score (nSPS) is 10.6. The zero-order chi connectivity index (χ0) is 13.3. The fourth-order valence-corrected chi connectivity index (χ4v) is 1.60. The molecule has 6 nitrogen and oxygen atoms in total. The number of carbonyl (C=O) groups is 1. The lowest BCUT2D eigenvalue weighted by atomic mass is 10.2. The SMILES string of the molecule is Cc1cc(=O)n(Cc2cc(C(=O)O)oc2C)cn1. The van der Waals surface area contributed by atoms with E-state index in [1.807, 2.05) is 0 Å². The molecule has 0 unspecified atom stereocenters. The maximum atomic E-state index is 11.7. The van der Waals surface area contributed by atoms with Gasteiger partial charge in [0.25, 0.3) is 5.56 Å². The van der Waals surface area contributed by atoms with Crippen LogP contribution in [0.1, 0.15) is 27.6 Å². The highest BCUT2D eigenvalue weighted by Gasteiger charge is 2.13. The summed E-state index contributed by atoms with van der Waals surface area (Å²) in [6.45, 7) is 3.64. The van der Waals surface area contributed by atoms with Gasteiger partial charge in [-0.15, -0.1) is 0 Å². The molecule has 0 atom stereocenters. The molecule has 6 heteroatoms. The molecular formula is C12H12N2O4. The van der Waals surface area contributed by atoms with Crippen molar-refractivity contribution in [3.63, 3.8) is 0 Å². The first-order valence-corrected chi connectivity index (χ1v) is 5.33. The number of hydrogen-bond donors (Lipinski definition) is 1. The van der Waals surface area contributed by atoms with E-state index >= 15 is 0 Å². The van der Waals surface area contributed by atoms with Crippen LogP contribution in [0.5, 0.6) is 0 Å². The van der Waals surface area contributed by atoms with Crippen molar-refractivity contribution in [1.82, 2.24) is 9.55 Å². The van der Waals surface area contributed by atoms with Gasteiger partial charge in [-0.2, -0.15) is 0 Å². The fraction of sp³-hybridized carbons (Fsp3) is 0.250. The number of aromatic nitrogens is 2. The molecule has 0 aliphatic heterocycles. The van der Waals surface area contributed by atoms with E-state index in [4.69, 9.17) is 9.52 Å². The average molecular weight is 248 g/mol. The predicted octanol–water partition coefficient (Wildman–Crippen LogP) is 1.20. The Morgan fingerprint density at radius 3 is 2.72 bits per heavy atom. The van der Waals surface area contributed by atoms with E-state index < -0.39 is 5.97 Å². The van der Waals surface area contributed by atoms with Crippen molar-refractivity contribution >= 4 is 5.97 Å². The molecule has 0 bridgehead atoms. The molecule has 2 heterocycles. The molecule has 0 saturated carbocycles. The van der Waals surface area contributed by atoms with Crippen LogP contribution in [0.4, 0.5) is 0 Å². The summed E-state index contributed by atoms with van der Waals surface area (Å²) < 4.78 is 6.48. The summed E-state index contributed by atoms with van der Waals surface area (Å²) in [5, 5.41) is 8.81. The Morgan fingerprint density at radius 1 is 1.44 bits per heavy atom. The van der Waals surface area contributed by atoms with Crippen molar-refractivity contribution in [2.45, 2.75) is 20.4 Å². The summed E-state index contributed by atoms with van der Waals surface area (Å²) in [5.41, 5.74) is 1.12. The minimum Gasteiger partial charge on any atom is -0.475 e. The van der Waals surface area contributed by atoms with Gasteiger partial charge in [0.05, 0.1) is 12.9 Å². The third-order valence-corrected chi connectivity index (χ3v) is 2.59. The fourth-order valence-electron chi connectivity index (χ4n) is 1.60. The van der Waals surface area contributed by atoms with Gasteiger partial charge in [-0.3, -0.25) is 9.36 Å². The van der Waals surface area contributed by atoms with Gasteiger partial charge in [0, 0.05) is 17.3 Å². The summed E-state index contributed by atoms with van der Waals surface area (Å²) >= 11 is 0. The van der Waals surface area contributed by atoms with Gasteiger partial charge in [0.2, 0.25) is 5.76 Å². The van der Waals surface area contributed by atoms with Gasteiger partial charge in [-0.05, 0) is 19.9 Å². The molecule has 0 aliphatic rings. The maximum absolute atomic E-state index is 11.7. The van der Waals surface area contributed by atoms with Crippen LogP contribution in [0.25, 0.3) is 0 Å². The molecule has 0 spiro atoms. The Morgan fingerprint density at radius 2 is 2.17 bits per heavy atom. The highest BCUT2D eigenvalue weighted by atomic mass is 16.4. The molecule has 0 saturated heterocycles. The number of aryl methyl sites for hydroxylation is 2. The van der Waals surface area contributed by atoms with E-state index in [9.17, 15) is 9.59 Å². The number of rotatable bonds is 3. The number of hydrogen-bond acceptors (Lipinski definition) is 4. The first-order valence-electron chi connectivity index (χ1n) is 5.33. The van der Waals surface area contributed by atoms with Crippen molar-refractivity contribution in [2.24, 2.45) is 0 Å². The molecule has 2 rings (SSSR count). The van der Waals surface area contributed by atoms with E-state index in [0.29, 0.717) is 17.0 Å². The number of carboxylic acid groups (broad SMARTS) is 1. The van der Waals surface area contributed by atoms with Crippen LogP contribution in [0.2, 0.25) is 0 Å². The Labute approximate surface area is 103 Å². The lowest BCUT2D eigenvalue weighted by molar-refractivity contribution is 0.0661. The average Bonchev–Trinajstić information content (AvgIpc) is 2.64. The highest BCUT2D eigenvalue weighted by molar-refractivity contribution is 5.84. The van der Waals surface area contributed by atoms with E-state index in [1.54, 1.807) is 13.8 Å². The van der Waals surface area contributed by atoms with Crippen LogP contribution in [-0.4, -0.2) is 20.6 Å². The predicted molar refractivity (Wildman–Crippen MR) is 62.7 cm³/mol. The number of aromatic carboxylic acids is 1. The molecule has 94 valence electrons. The Hall–Kier alpha value is -2.37. The minimum atomic E-state index is -1.13. The van der Waals surface area contributed by atoms with E-state index in [-0.39, 0.29) is 17.9 Å². The van der Waals surface area contributed by atoms with E-state index in [1.165, 1.54) is 23.0 Å². The van der Waals surface area contributed by atoms with Crippen LogP contribution >= 0.6 is 0 Å². The molecular weight excluding hydrogens is 236 g/mol. The van der Waals surface area contributed by atoms with Crippen molar-refractivity contribution in [3.8, 4) is 0 Å². The molecule has 0 aliphatic carbocycles. The molecule has 0 amide bonds. The molecule has 2 aromatic heterocycles. The van der Waals surface area contributed by atoms with Crippen LogP contribution in [0, 0.1) is 13.8 Å². The van der Waals surface area contributed by atoms with Gasteiger partial charge in [0.15, 0.2) is 0 Å². The summed E-state index contributed by atoms with van der Waals surface area (Å²) in [5.74, 6) is -0.769. The van der Waals surface area contributed by atoms with Crippen LogP contribution < -0.4 is 5.56 Å². The quantitative estimate of drug-likeness (QED) is 0.882. The monoisotopic (exact) mass is 248 g/mol. The summed E-state index contributed by atoms with van der Waals surface area (Å²) in [4.78, 5) is 26.5. The number of carboxylic acids is 1. The molecule has 0 aromatic carbocycles. The third kappa shape index (κ3) is 2.32. The Balaban J connectivity index is 2.34. The van der Waals surface area contributed by atoms with Crippen LogP contribution in [0.3, 0.4) is 0 Å². The van der Waals surface area contributed by atoms with Crippen molar-refractivity contribution in [3.05, 3.63) is 51.6 Å². The number of furan rings is 1. The zero-order valence-corrected chi connectivity index (χ0v) is 10.0. The topological polar surface area (TPSA) is 85.3 Å². The number of nitrogens with zero attached hydrogens (tertiary/aromatic N) is 2. The van der Waals surface area contributed by atoms with Gasteiger partial charge >= 0.3 is 5.97 Å². The molecule has 1 N–H and O–H groups in total. The van der Waals surface area contributed by atoms with E-state index in [2.05, 4.69) is 4.98 Å². The Bertz CT molecular complexity index is 654. The second kappa shape index (κ2) is 4.48. The highest BCUT2D eigenvalue weighted by Crippen LogP contribution is 2.15. The van der Waals surface area contributed by atoms with Crippen molar-refractivity contribution in [2.75, 3.05) is 0 Å². The van der Waals surface area contributed by atoms with Crippen molar-refractivity contribution < 1.29 is 14.3 Å². The lowest BCUT2D eigenvalue weighted by Gasteiger charge is -2.03. The minimum absolute atomic E-state index is 0.129. The second-order valence-corrected chi connectivity index (χ2v) is 3.99. The van der Waals surface area contributed by atoms with Gasteiger partial charge in [-0.1, -0.05) is 0 Å². The zero-order valence-electron chi connectivity index (χ0n) is 10.0. The smallest absolute Gasteiger partial charge is 0.371 e.